The SMILES string of the molecule is COc1ccccc1NC(=O)N(CC(=O)N1CCc2sccc2C1c1ccccc1)C(C)(C)C. The van der Waals surface area contributed by atoms with Crippen molar-refractivity contribution in [1.29, 1.82) is 0 Å². The zero-order valence-corrected chi connectivity index (χ0v) is 20.9. The van der Waals surface area contributed by atoms with Crippen LogP contribution in [0, 0.1) is 0 Å². The molecule has 34 heavy (non-hydrogen) atoms. The van der Waals surface area contributed by atoms with Crippen LogP contribution in [0.25, 0.3) is 0 Å². The Morgan fingerprint density at radius 1 is 1.09 bits per heavy atom. The molecule has 0 aliphatic carbocycles. The molecule has 178 valence electrons. The van der Waals surface area contributed by atoms with Crippen molar-refractivity contribution >= 4 is 29.0 Å². The minimum Gasteiger partial charge on any atom is -0.495 e. The van der Waals surface area contributed by atoms with Crippen molar-refractivity contribution in [1.82, 2.24) is 9.80 Å². The largest absolute Gasteiger partial charge is 0.495 e. The van der Waals surface area contributed by atoms with Gasteiger partial charge in [0.05, 0.1) is 18.8 Å². The van der Waals surface area contributed by atoms with Gasteiger partial charge in [-0.3, -0.25) is 4.79 Å². The smallest absolute Gasteiger partial charge is 0.322 e. The Morgan fingerprint density at radius 3 is 2.50 bits per heavy atom. The first-order valence-corrected chi connectivity index (χ1v) is 12.3. The molecule has 2 aromatic carbocycles. The van der Waals surface area contributed by atoms with Crippen molar-refractivity contribution in [3.63, 3.8) is 0 Å². The number of rotatable bonds is 5. The number of carbonyl (C=O) groups excluding carboxylic acids is 2. The molecule has 1 atom stereocenters. The van der Waals surface area contributed by atoms with E-state index >= 15 is 0 Å². The van der Waals surface area contributed by atoms with Crippen LogP contribution in [0.5, 0.6) is 5.75 Å². The Balaban J connectivity index is 1.59. The van der Waals surface area contributed by atoms with E-state index in [9.17, 15) is 9.59 Å². The van der Waals surface area contributed by atoms with Crippen LogP contribution in [0.1, 0.15) is 42.8 Å². The predicted molar refractivity (Wildman–Crippen MR) is 136 cm³/mol. The number of fused-ring (bicyclic) bond motifs is 1. The summed E-state index contributed by atoms with van der Waals surface area (Å²) in [5, 5.41) is 5.02. The summed E-state index contributed by atoms with van der Waals surface area (Å²) >= 11 is 1.74. The number of hydrogen-bond acceptors (Lipinski definition) is 4. The van der Waals surface area contributed by atoms with E-state index in [1.54, 1.807) is 35.5 Å². The number of anilines is 1. The Labute approximate surface area is 205 Å². The minimum atomic E-state index is -0.562. The van der Waals surface area contributed by atoms with Gasteiger partial charge in [-0.25, -0.2) is 4.79 Å². The maximum absolute atomic E-state index is 13.7. The molecule has 7 heteroatoms. The van der Waals surface area contributed by atoms with Gasteiger partial charge in [-0.05, 0) is 61.9 Å². The van der Waals surface area contributed by atoms with E-state index < -0.39 is 5.54 Å². The molecular weight excluding hydrogens is 446 g/mol. The lowest BCUT2D eigenvalue weighted by Gasteiger charge is -2.40. The van der Waals surface area contributed by atoms with Gasteiger partial charge in [0.15, 0.2) is 0 Å². The molecule has 6 nitrogen and oxygen atoms in total. The summed E-state index contributed by atoms with van der Waals surface area (Å²) < 4.78 is 5.37. The second-order valence-electron chi connectivity index (χ2n) is 9.34. The third-order valence-electron chi connectivity index (χ3n) is 6.10. The van der Waals surface area contributed by atoms with Crippen molar-refractivity contribution in [3.8, 4) is 5.75 Å². The van der Waals surface area contributed by atoms with Crippen molar-refractivity contribution in [2.45, 2.75) is 38.8 Å². The van der Waals surface area contributed by atoms with Crippen molar-refractivity contribution in [2.24, 2.45) is 0 Å². The number of para-hydroxylation sites is 2. The summed E-state index contributed by atoms with van der Waals surface area (Å²) in [6.07, 6.45) is 0.824. The number of amides is 3. The maximum Gasteiger partial charge on any atom is 0.322 e. The van der Waals surface area contributed by atoms with Gasteiger partial charge in [0.2, 0.25) is 5.91 Å². The second-order valence-corrected chi connectivity index (χ2v) is 10.3. The van der Waals surface area contributed by atoms with Crippen LogP contribution in [-0.4, -0.2) is 47.5 Å². The Morgan fingerprint density at radius 2 is 1.79 bits per heavy atom. The molecule has 4 rings (SSSR count). The van der Waals surface area contributed by atoms with Crippen LogP contribution >= 0.6 is 11.3 Å². The highest BCUT2D eigenvalue weighted by molar-refractivity contribution is 7.10. The van der Waals surface area contributed by atoms with E-state index in [0.717, 1.165) is 12.0 Å². The van der Waals surface area contributed by atoms with Crippen LogP contribution in [0.15, 0.2) is 66.0 Å². The fraction of sp³-hybridized carbons (Fsp3) is 0.333. The average molecular weight is 478 g/mol. The van der Waals surface area contributed by atoms with Gasteiger partial charge < -0.3 is 19.9 Å². The Kier molecular flexibility index (Phi) is 6.93. The van der Waals surface area contributed by atoms with Crippen LogP contribution in [0.3, 0.4) is 0 Å². The number of carbonyl (C=O) groups is 2. The van der Waals surface area contributed by atoms with Gasteiger partial charge in [0.25, 0.3) is 0 Å². The predicted octanol–water partition coefficient (Wildman–Crippen LogP) is 5.56. The maximum atomic E-state index is 13.7. The molecule has 3 amide bonds. The molecule has 0 fully saturated rings. The first-order chi connectivity index (χ1) is 16.3. The monoisotopic (exact) mass is 477 g/mol. The normalized spacial score (nSPS) is 15.4. The van der Waals surface area contributed by atoms with E-state index in [1.807, 2.05) is 56.0 Å². The molecule has 1 unspecified atom stereocenters. The Hall–Kier alpha value is -3.32. The van der Waals surface area contributed by atoms with Crippen LogP contribution in [0.2, 0.25) is 0 Å². The molecular formula is C27H31N3O3S. The summed E-state index contributed by atoms with van der Waals surface area (Å²) in [5.74, 6) is 0.497. The lowest BCUT2D eigenvalue weighted by atomic mass is 9.93. The molecule has 0 bridgehead atoms. The number of thiophene rings is 1. The van der Waals surface area contributed by atoms with E-state index in [2.05, 4.69) is 28.9 Å². The van der Waals surface area contributed by atoms with Gasteiger partial charge in [0, 0.05) is 17.0 Å². The third kappa shape index (κ3) is 4.94. The number of urea groups is 1. The molecule has 1 aliphatic rings. The molecule has 0 saturated heterocycles. The fourth-order valence-electron chi connectivity index (χ4n) is 4.35. The fourth-order valence-corrected chi connectivity index (χ4v) is 5.25. The Bertz CT molecular complexity index is 1150. The zero-order chi connectivity index (χ0) is 24.3. The molecule has 0 saturated carbocycles. The number of nitrogens with one attached hydrogen (secondary N) is 1. The molecule has 0 spiro atoms. The number of nitrogens with zero attached hydrogens (tertiary/aromatic N) is 2. The zero-order valence-electron chi connectivity index (χ0n) is 20.1. The highest BCUT2D eigenvalue weighted by Gasteiger charge is 2.36. The van der Waals surface area contributed by atoms with E-state index in [1.165, 1.54) is 10.4 Å². The molecule has 1 N–H and O–H groups in total. The number of ether oxygens (including phenoxy) is 1. The topological polar surface area (TPSA) is 61.9 Å². The third-order valence-corrected chi connectivity index (χ3v) is 7.09. The highest BCUT2D eigenvalue weighted by Crippen LogP contribution is 2.38. The highest BCUT2D eigenvalue weighted by atomic mass is 32.1. The van der Waals surface area contributed by atoms with E-state index in [4.69, 9.17) is 4.74 Å². The van der Waals surface area contributed by atoms with Crippen molar-refractivity contribution in [3.05, 3.63) is 82.0 Å². The van der Waals surface area contributed by atoms with Crippen LogP contribution < -0.4 is 10.1 Å². The number of methoxy groups -OCH3 is 1. The van der Waals surface area contributed by atoms with Gasteiger partial charge in [-0.15, -0.1) is 11.3 Å². The average Bonchev–Trinajstić information content (AvgIpc) is 3.30. The van der Waals surface area contributed by atoms with Gasteiger partial charge >= 0.3 is 6.03 Å². The summed E-state index contributed by atoms with van der Waals surface area (Å²) in [5.41, 5.74) is 2.26. The number of hydrogen-bond donors (Lipinski definition) is 1. The van der Waals surface area contributed by atoms with E-state index in [0.29, 0.717) is 18.0 Å². The summed E-state index contributed by atoms with van der Waals surface area (Å²) in [6.45, 7) is 6.41. The molecule has 3 aromatic rings. The van der Waals surface area contributed by atoms with Gasteiger partial charge in [-0.2, -0.15) is 0 Å². The van der Waals surface area contributed by atoms with Gasteiger partial charge in [0.1, 0.15) is 12.3 Å². The summed E-state index contributed by atoms with van der Waals surface area (Å²) in [6, 6.07) is 19.0. The van der Waals surface area contributed by atoms with Crippen molar-refractivity contribution < 1.29 is 14.3 Å². The molecule has 1 aromatic heterocycles. The molecule has 2 heterocycles. The molecule has 0 radical (unpaired) electrons. The lowest BCUT2D eigenvalue weighted by Crippen LogP contribution is -2.53. The summed E-state index contributed by atoms with van der Waals surface area (Å²) in [7, 11) is 1.56. The van der Waals surface area contributed by atoms with Gasteiger partial charge in [-0.1, -0.05) is 42.5 Å². The van der Waals surface area contributed by atoms with Crippen molar-refractivity contribution in [2.75, 3.05) is 25.5 Å². The molecule has 1 aliphatic heterocycles. The second kappa shape index (κ2) is 9.89. The lowest BCUT2D eigenvalue weighted by molar-refractivity contribution is -0.134. The standard InChI is InChI=1S/C27H31N3O3S/c1-27(2,3)30(26(32)28-21-12-8-9-13-22(21)33-4)18-24(31)29-16-14-23-20(15-17-34-23)25(29)19-10-6-5-7-11-19/h5-13,15,17,25H,14,16,18H2,1-4H3,(H,28,32). The van der Waals surface area contributed by atoms with Crippen LogP contribution in [-0.2, 0) is 11.2 Å². The summed E-state index contributed by atoms with van der Waals surface area (Å²) in [4.78, 5) is 31.9. The first kappa shape index (κ1) is 23.8. The van der Waals surface area contributed by atoms with Crippen LogP contribution in [0.4, 0.5) is 10.5 Å². The van der Waals surface area contributed by atoms with E-state index in [-0.39, 0.29) is 24.5 Å². The quantitative estimate of drug-likeness (QED) is 0.523. The first-order valence-electron chi connectivity index (χ1n) is 11.4. The number of benzene rings is 2. The minimum absolute atomic E-state index is 0.0205.